The number of nitrogens with zero attached hydrogens (tertiary/aromatic N) is 1. The summed E-state index contributed by atoms with van der Waals surface area (Å²) in [4.78, 5) is 29.3. The van der Waals surface area contributed by atoms with Crippen LogP contribution in [0.2, 0.25) is 5.15 Å². The monoisotopic (exact) mass is 396 g/mol. The highest BCUT2D eigenvalue weighted by Gasteiger charge is 2.27. The zero-order valence-electron chi connectivity index (χ0n) is 15.0. The van der Waals surface area contributed by atoms with Crippen molar-refractivity contribution < 1.29 is 19.1 Å². The van der Waals surface area contributed by atoms with Crippen molar-refractivity contribution in [1.29, 1.82) is 0 Å². The van der Waals surface area contributed by atoms with Gasteiger partial charge in [-0.25, -0.2) is 9.78 Å². The van der Waals surface area contributed by atoms with Gasteiger partial charge in [-0.2, -0.15) is 0 Å². The van der Waals surface area contributed by atoms with Crippen LogP contribution in [-0.2, 0) is 9.53 Å². The number of nitrogens with one attached hydrogen (secondary N) is 1. The molecule has 0 spiro atoms. The fraction of sp³-hybridized carbons (Fsp3) is 0.0952. The average Bonchev–Trinajstić information content (AvgIpc) is 2.73. The zero-order chi connectivity index (χ0) is 19.9. The molecule has 0 radical (unpaired) electrons. The molecule has 0 bridgehead atoms. The first-order valence-electron chi connectivity index (χ1n) is 8.40. The van der Waals surface area contributed by atoms with Crippen molar-refractivity contribution in [2.45, 2.75) is 6.10 Å². The molecule has 3 rings (SSSR count). The lowest BCUT2D eigenvalue weighted by molar-refractivity contribution is -0.125. The fourth-order valence-corrected chi connectivity index (χ4v) is 2.71. The molecule has 1 N–H and O–H groups in total. The van der Waals surface area contributed by atoms with Crippen LogP contribution in [0.3, 0.4) is 0 Å². The van der Waals surface area contributed by atoms with Crippen LogP contribution in [0.5, 0.6) is 5.75 Å². The molecule has 0 unspecified atom stereocenters. The van der Waals surface area contributed by atoms with Gasteiger partial charge in [-0.1, -0.05) is 48.0 Å². The third-order valence-corrected chi connectivity index (χ3v) is 4.18. The molecule has 1 atom stereocenters. The van der Waals surface area contributed by atoms with Gasteiger partial charge in [0.2, 0.25) is 6.10 Å². The predicted molar refractivity (Wildman–Crippen MR) is 105 cm³/mol. The Morgan fingerprint density at radius 3 is 2.54 bits per heavy atom. The van der Waals surface area contributed by atoms with E-state index in [1.54, 1.807) is 60.7 Å². The summed E-state index contributed by atoms with van der Waals surface area (Å²) in [7, 11) is 1.53. The number of hydrogen-bond donors (Lipinski definition) is 1. The number of aromatic nitrogens is 1. The molecule has 0 aliphatic heterocycles. The van der Waals surface area contributed by atoms with E-state index in [9.17, 15) is 9.59 Å². The average molecular weight is 397 g/mol. The van der Waals surface area contributed by atoms with E-state index in [1.807, 2.05) is 0 Å². The van der Waals surface area contributed by atoms with Gasteiger partial charge >= 0.3 is 5.97 Å². The van der Waals surface area contributed by atoms with Crippen molar-refractivity contribution in [1.82, 2.24) is 4.98 Å². The molecule has 6 nitrogen and oxygen atoms in total. The number of ether oxygens (including phenoxy) is 2. The van der Waals surface area contributed by atoms with Gasteiger partial charge in [-0.15, -0.1) is 0 Å². The Hall–Kier alpha value is -3.38. The van der Waals surface area contributed by atoms with E-state index in [4.69, 9.17) is 21.1 Å². The largest absolute Gasteiger partial charge is 0.497 e. The Balaban J connectivity index is 1.86. The molecule has 0 saturated carbocycles. The highest BCUT2D eigenvalue weighted by molar-refractivity contribution is 6.32. The highest BCUT2D eigenvalue weighted by atomic mass is 35.5. The van der Waals surface area contributed by atoms with Crippen LogP contribution in [-0.4, -0.2) is 24.0 Å². The topological polar surface area (TPSA) is 77.5 Å². The van der Waals surface area contributed by atoms with Crippen LogP contribution in [0.25, 0.3) is 0 Å². The molecule has 0 fully saturated rings. The van der Waals surface area contributed by atoms with Crippen LogP contribution in [0.4, 0.5) is 5.69 Å². The second-order valence-corrected chi connectivity index (χ2v) is 6.12. The van der Waals surface area contributed by atoms with Gasteiger partial charge in [0.05, 0.1) is 12.7 Å². The summed E-state index contributed by atoms with van der Waals surface area (Å²) < 4.78 is 10.6. The molecule has 1 heterocycles. The van der Waals surface area contributed by atoms with Crippen LogP contribution >= 0.6 is 11.6 Å². The Kier molecular flexibility index (Phi) is 6.24. The van der Waals surface area contributed by atoms with Crippen molar-refractivity contribution in [3.8, 4) is 5.75 Å². The summed E-state index contributed by atoms with van der Waals surface area (Å²) in [5.74, 6) is -0.659. The fourth-order valence-electron chi connectivity index (χ4n) is 2.52. The maximum atomic E-state index is 12.9. The third kappa shape index (κ3) is 4.66. The molecule has 1 amide bonds. The Labute approximate surface area is 167 Å². The molecule has 0 aliphatic carbocycles. The molecule has 7 heteroatoms. The molecule has 28 heavy (non-hydrogen) atoms. The van der Waals surface area contributed by atoms with Gasteiger partial charge in [-0.3, -0.25) is 4.79 Å². The molecular weight excluding hydrogens is 380 g/mol. The first-order chi connectivity index (χ1) is 13.6. The summed E-state index contributed by atoms with van der Waals surface area (Å²) in [5, 5.41) is 2.75. The lowest BCUT2D eigenvalue weighted by Crippen LogP contribution is -2.26. The molecule has 3 aromatic rings. The predicted octanol–water partition coefficient (Wildman–Crippen LogP) is 4.28. The molecular formula is C21H17ClN2O4. The van der Waals surface area contributed by atoms with Crippen molar-refractivity contribution in [3.05, 3.63) is 89.2 Å². The Morgan fingerprint density at radius 1 is 1.04 bits per heavy atom. The molecule has 0 saturated heterocycles. The number of hydrogen-bond acceptors (Lipinski definition) is 5. The van der Waals surface area contributed by atoms with Crippen molar-refractivity contribution >= 4 is 29.2 Å². The molecule has 0 aliphatic rings. The molecule has 142 valence electrons. The van der Waals surface area contributed by atoms with Gasteiger partial charge in [0, 0.05) is 23.5 Å². The zero-order valence-corrected chi connectivity index (χ0v) is 15.7. The minimum atomic E-state index is -1.17. The van der Waals surface area contributed by atoms with Gasteiger partial charge in [0.25, 0.3) is 5.91 Å². The van der Waals surface area contributed by atoms with Gasteiger partial charge in [0.1, 0.15) is 10.9 Å². The van der Waals surface area contributed by atoms with Crippen molar-refractivity contribution in [3.63, 3.8) is 0 Å². The van der Waals surface area contributed by atoms with Crippen molar-refractivity contribution in [2.75, 3.05) is 12.4 Å². The summed E-state index contributed by atoms with van der Waals surface area (Å²) >= 11 is 5.96. The summed E-state index contributed by atoms with van der Waals surface area (Å²) in [6.45, 7) is 0. The number of methoxy groups -OCH3 is 1. The number of rotatable bonds is 6. The number of halogens is 1. The number of carbonyl (C=O) groups excluding carboxylic acids is 2. The molecule has 1 aromatic heterocycles. The number of pyridine rings is 1. The Bertz CT molecular complexity index is 979. The minimum Gasteiger partial charge on any atom is -0.497 e. The third-order valence-electron chi connectivity index (χ3n) is 3.88. The van der Waals surface area contributed by atoms with Crippen LogP contribution in [0.1, 0.15) is 22.0 Å². The maximum absolute atomic E-state index is 12.9. The normalized spacial score (nSPS) is 11.4. The van der Waals surface area contributed by atoms with E-state index in [1.165, 1.54) is 19.4 Å². The van der Waals surface area contributed by atoms with E-state index in [0.29, 0.717) is 17.0 Å². The van der Waals surface area contributed by atoms with E-state index in [2.05, 4.69) is 10.3 Å². The minimum absolute atomic E-state index is 0.00696. The second-order valence-electron chi connectivity index (χ2n) is 5.76. The lowest BCUT2D eigenvalue weighted by atomic mass is 10.1. The molecule has 2 aromatic carbocycles. The number of amides is 1. The summed E-state index contributed by atoms with van der Waals surface area (Å²) in [6, 6.07) is 18.7. The number of carbonyl (C=O) groups is 2. The summed E-state index contributed by atoms with van der Waals surface area (Å²) in [6.07, 6.45) is 0.291. The second kappa shape index (κ2) is 9.01. The van der Waals surface area contributed by atoms with Gasteiger partial charge in [0.15, 0.2) is 0 Å². The van der Waals surface area contributed by atoms with E-state index in [0.717, 1.165) is 0 Å². The van der Waals surface area contributed by atoms with E-state index in [-0.39, 0.29) is 10.7 Å². The quantitative estimate of drug-likeness (QED) is 0.497. The summed E-state index contributed by atoms with van der Waals surface area (Å²) in [5.41, 5.74) is 1.12. The standard InChI is InChI=1S/C21H17ClN2O4/c1-27-16-10-5-9-15(13-16)24-20(25)18(14-7-3-2-4-8-14)28-21(26)17-11-6-12-23-19(17)22/h2-13,18H,1H3,(H,24,25)/t18-/m0/s1. The van der Waals surface area contributed by atoms with Crippen LogP contribution in [0.15, 0.2) is 72.9 Å². The van der Waals surface area contributed by atoms with E-state index < -0.39 is 18.0 Å². The number of anilines is 1. The number of esters is 1. The van der Waals surface area contributed by atoms with Crippen molar-refractivity contribution in [2.24, 2.45) is 0 Å². The first kappa shape index (κ1) is 19.4. The highest BCUT2D eigenvalue weighted by Crippen LogP contribution is 2.24. The smallest absolute Gasteiger partial charge is 0.342 e. The Morgan fingerprint density at radius 2 is 1.82 bits per heavy atom. The van der Waals surface area contributed by atoms with E-state index >= 15 is 0 Å². The number of benzene rings is 2. The van der Waals surface area contributed by atoms with Crippen LogP contribution in [0, 0.1) is 0 Å². The SMILES string of the molecule is COc1cccc(NC(=O)[C@@H](OC(=O)c2cccnc2Cl)c2ccccc2)c1. The first-order valence-corrected chi connectivity index (χ1v) is 8.77. The van der Waals surface area contributed by atoms with Gasteiger partial charge < -0.3 is 14.8 Å². The van der Waals surface area contributed by atoms with Gasteiger partial charge in [-0.05, 0) is 24.3 Å². The lowest BCUT2D eigenvalue weighted by Gasteiger charge is -2.18. The van der Waals surface area contributed by atoms with Crippen LogP contribution < -0.4 is 10.1 Å². The maximum Gasteiger partial charge on any atom is 0.342 e.